The molecular formula is C13H17NO4. The zero-order chi connectivity index (χ0) is 13.1. The van der Waals surface area contributed by atoms with Gasteiger partial charge in [0.1, 0.15) is 6.10 Å². The number of benzene rings is 1. The Bertz CT molecular complexity index is 409. The van der Waals surface area contributed by atoms with E-state index >= 15 is 0 Å². The average Bonchev–Trinajstić information content (AvgIpc) is 2.58. The molecule has 1 fully saturated rings. The predicted molar refractivity (Wildman–Crippen MR) is 64.5 cm³/mol. The van der Waals surface area contributed by atoms with Crippen molar-refractivity contribution in [1.82, 2.24) is 4.90 Å². The molecule has 0 spiro atoms. The van der Waals surface area contributed by atoms with E-state index in [1.807, 2.05) is 30.3 Å². The first-order valence-electron chi connectivity index (χ1n) is 5.96. The maximum Gasteiger partial charge on any atom is 0.254 e. The first-order valence-corrected chi connectivity index (χ1v) is 5.96. The van der Waals surface area contributed by atoms with Crippen LogP contribution in [0.15, 0.2) is 30.3 Å². The van der Waals surface area contributed by atoms with E-state index in [4.69, 9.17) is 5.11 Å². The molecule has 5 nitrogen and oxygen atoms in total. The quantitative estimate of drug-likeness (QED) is 0.674. The second-order valence-electron chi connectivity index (χ2n) is 4.47. The van der Waals surface area contributed by atoms with Gasteiger partial charge in [-0.2, -0.15) is 0 Å². The van der Waals surface area contributed by atoms with Crippen LogP contribution in [0, 0.1) is 0 Å². The van der Waals surface area contributed by atoms with Gasteiger partial charge < -0.3 is 20.2 Å². The number of hydrogen-bond acceptors (Lipinski definition) is 4. The molecule has 0 aromatic heterocycles. The van der Waals surface area contributed by atoms with E-state index in [1.54, 1.807) is 0 Å². The smallest absolute Gasteiger partial charge is 0.254 e. The average molecular weight is 251 g/mol. The molecule has 1 amide bonds. The van der Waals surface area contributed by atoms with E-state index in [0.29, 0.717) is 6.54 Å². The van der Waals surface area contributed by atoms with Gasteiger partial charge in [-0.3, -0.25) is 4.79 Å². The lowest BCUT2D eigenvalue weighted by Gasteiger charge is -2.25. The number of hydrogen-bond donors (Lipinski definition) is 3. The van der Waals surface area contributed by atoms with E-state index in [1.165, 1.54) is 4.90 Å². The zero-order valence-corrected chi connectivity index (χ0v) is 9.94. The van der Waals surface area contributed by atoms with Gasteiger partial charge in [0, 0.05) is 13.2 Å². The summed E-state index contributed by atoms with van der Waals surface area (Å²) in [5, 5.41) is 28.3. The molecule has 0 bridgehead atoms. The van der Waals surface area contributed by atoms with Crippen LogP contribution in [0.3, 0.4) is 0 Å². The van der Waals surface area contributed by atoms with Gasteiger partial charge in [-0.1, -0.05) is 30.3 Å². The summed E-state index contributed by atoms with van der Waals surface area (Å²) >= 11 is 0. The van der Waals surface area contributed by atoms with Crippen molar-refractivity contribution in [1.29, 1.82) is 0 Å². The molecule has 1 saturated heterocycles. The molecule has 0 saturated carbocycles. The van der Waals surface area contributed by atoms with Gasteiger partial charge in [0.25, 0.3) is 5.91 Å². The first kappa shape index (κ1) is 13.0. The summed E-state index contributed by atoms with van der Waals surface area (Å²) in [6.45, 7) is 0.200. The highest BCUT2D eigenvalue weighted by molar-refractivity contribution is 5.84. The molecule has 1 aliphatic rings. The Kier molecular flexibility index (Phi) is 3.96. The van der Waals surface area contributed by atoms with Crippen molar-refractivity contribution >= 4 is 5.91 Å². The summed E-state index contributed by atoms with van der Waals surface area (Å²) in [4.78, 5) is 13.3. The van der Waals surface area contributed by atoms with Crippen LogP contribution in [0.5, 0.6) is 0 Å². The Balaban J connectivity index is 2.16. The third-order valence-electron chi connectivity index (χ3n) is 3.27. The van der Waals surface area contributed by atoms with Crippen LogP contribution in [0.1, 0.15) is 12.0 Å². The minimum absolute atomic E-state index is 0.132. The Morgan fingerprint density at radius 3 is 2.44 bits per heavy atom. The van der Waals surface area contributed by atoms with Crippen LogP contribution < -0.4 is 0 Å². The highest BCUT2D eigenvalue weighted by Crippen LogP contribution is 2.24. The van der Waals surface area contributed by atoms with Gasteiger partial charge in [0.05, 0.1) is 6.04 Å². The van der Waals surface area contributed by atoms with Crippen molar-refractivity contribution in [3.8, 4) is 0 Å². The summed E-state index contributed by atoms with van der Waals surface area (Å²) in [6.07, 6.45) is -2.25. The molecule has 1 heterocycles. The fourth-order valence-electron chi connectivity index (χ4n) is 2.31. The van der Waals surface area contributed by atoms with Gasteiger partial charge >= 0.3 is 0 Å². The Morgan fingerprint density at radius 2 is 1.83 bits per heavy atom. The topological polar surface area (TPSA) is 81.0 Å². The third-order valence-corrected chi connectivity index (χ3v) is 3.27. The molecule has 0 radical (unpaired) electrons. The maximum absolute atomic E-state index is 11.8. The molecule has 1 aromatic rings. The van der Waals surface area contributed by atoms with Gasteiger partial charge in [-0.15, -0.1) is 0 Å². The normalized spacial score (nSPS) is 27.8. The van der Waals surface area contributed by atoms with Crippen LogP contribution in [0.2, 0.25) is 0 Å². The van der Waals surface area contributed by atoms with Crippen molar-refractivity contribution in [2.45, 2.75) is 31.2 Å². The summed E-state index contributed by atoms with van der Waals surface area (Å²) in [6, 6.07) is 8.83. The summed E-state index contributed by atoms with van der Waals surface area (Å²) in [5.74, 6) is -0.482. The Morgan fingerprint density at radius 1 is 1.17 bits per heavy atom. The minimum atomic E-state index is -1.38. The molecule has 5 heteroatoms. The van der Waals surface area contributed by atoms with Gasteiger partial charge in [-0.25, -0.2) is 0 Å². The minimum Gasteiger partial charge on any atom is -0.396 e. The molecule has 0 unspecified atom stereocenters. The fraction of sp³-hybridized carbons (Fsp3) is 0.462. The van der Waals surface area contributed by atoms with Crippen molar-refractivity contribution in [2.75, 3.05) is 6.61 Å². The van der Waals surface area contributed by atoms with Crippen molar-refractivity contribution < 1.29 is 20.1 Å². The number of likely N-dealkylation sites (tertiary alicyclic amines) is 1. The molecule has 2 rings (SSSR count). The molecule has 0 aliphatic carbocycles. The molecular weight excluding hydrogens is 234 g/mol. The molecule has 98 valence electrons. The van der Waals surface area contributed by atoms with Crippen molar-refractivity contribution in [2.24, 2.45) is 0 Å². The second kappa shape index (κ2) is 5.48. The van der Waals surface area contributed by atoms with Crippen LogP contribution in [0.25, 0.3) is 0 Å². The maximum atomic E-state index is 11.8. The van der Waals surface area contributed by atoms with E-state index in [0.717, 1.165) is 5.56 Å². The van der Waals surface area contributed by atoms with E-state index in [-0.39, 0.29) is 13.0 Å². The molecule has 1 aromatic carbocycles. The standard InChI is InChI=1S/C13H17NO4/c15-7-6-10-11(16)12(17)13(18)14(10)8-9-4-2-1-3-5-9/h1-5,10-12,15-17H,6-8H2/t10-,11+,12-/m1/s1. The fourth-order valence-corrected chi connectivity index (χ4v) is 2.31. The number of carbonyl (C=O) groups is 1. The Labute approximate surface area is 105 Å². The summed E-state index contributed by atoms with van der Waals surface area (Å²) in [5.41, 5.74) is 0.926. The highest BCUT2D eigenvalue weighted by Gasteiger charge is 2.45. The van der Waals surface area contributed by atoms with E-state index < -0.39 is 24.2 Å². The van der Waals surface area contributed by atoms with E-state index in [9.17, 15) is 15.0 Å². The number of rotatable bonds is 4. The SMILES string of the molecule is O=C1[C@H](O)[C@@H](O)[C@@H](CCO)N1Cc1ccccc1. The highest BCUT2D eigenvalue weighted by atomic mass is 16.3. The monoisotopic (exact) mass is 251 g/mol. The summed E-state index contributed by atoms with van der Waals surface area (Å²) in [7, 11) is 0. The zero-order valence-electron chi connectivity index (χ0n) is 9.94. The van der Waals surface area contributed by atoms with Gasteiger partial charge in [-0.05, 0) is 12.0 Å². The summed E-state index contributed by atoms with van der Waals surface area (Å²) < 4.78 is 0. The van der Waals surface area contributed by atoms with Crippen molar-refractivity contribution in [3.63, 3.8) is 0 Å². The number of nitrogens with zero attached hydrogens (tertiary/aromatic N) is 1. The van der Waals surface area contributed by atoms with Crippen LogP contribution in [0.4, 0.5) is 0 Å². The van der Waals surface area contributed by atoms with Gasteiger partial charge in [0.2, 0.25) is 0 Å². The third kappa shape index (κ3) is 2.38. The van der Waals surface area contributed by atoms with Crippen LogP contribution in [-0.2, 0) is 11.3 Å². The molecule has 3 atom stereocenters. The molecule has 1 aliphatic heterocycles. The van der Waals surface area contributed by atoms with Crippen LogP contribution in [-0.4, -0.2) is 51.0 Å². The lowest BCUT2D eigenvalue weighted by atomic mass is 10.1. The Hall–Kier alpha value is -1.43. The lowest BCUT2D eigenvalue weighted by molar-refractivity contribution is -0.136. The molecule has 18 heavy (non-hydrogen) atoms. The largest absolute Gasteiger partial charge is 0.396 e. The number of amides is 1. The number of aliphatic hydroxyl groups is 3. The van der Waals surface area contributed by atoms with Crippen molar-refractivity contribution in [3.05, 3.63) is 35.9 Å². The number of carbonyl (C=O) groups excluding carboxylic acids is 1. The second-order valence-corrected chi connectivity index (χ2v) is 4.47. The lowest BCUT2D eigenvalue weighted by Crippen LogP contribution is -2.37. The van der Waals surface area contributed by atoms with Gasteiger partial charge in [0.15, 0.2) is 6.10 Å². The number of aliphatic hydroxyl groups excluding tert-OH is 3. The molecule has 3 N–H and O–H groups in total. The van der Waals surface area contributed by atoms with Crippen LogP contribution >= 0.6 is 0 Å². The van der Waals surface area contributed by atoms with E-state index in [2.05, 4.69) is 0 Å². The predicted octanol–water partition coefficient (Wildman–Crippen LogP) is -0.498. The first-order chi connectivity index (χ1) is 8.65.